The molecule has 0 aromatic carbocycles. The van der Waals surface area contributed by atoms with Gasteiger partial charge in [0.1, 0.15) is 0 Å². The van der Waals surface area contributed by atoms with Gasteiger partial charge in [0.2, 0.25) is 11.8 Å². The van der Waals surface area contributed by atoms with E-state index in [0.29, 0.717) is 4.67 Å². The number of rotatable bonds is 3. The van der Waals surface area contributed by atoms with E-state index in [1.54, 1.807) is 0 Å². The minimum atomic E-state index is -3.35. The van der Waals surface area contributed by atoms with E-state index in [2.05, 4.69) is 4.52 Å². The Morgan fingerprint density at radius 3 is 1.77 bits per heavy atom. The molecule has 7 heteroatoms. The summed E-state index contributed by atoms with van der Waals surface area (Å²) >= 11 is 0.855. The molecule has 0 bridgehead atoms. The highest BCUT2D eigenvalue weighted by atomic mass is 32.7. The van der Waals surface area contributed by atoms with Gasteiger partial charge in [-0.25, -0.2) is 4.67 Å². The van der Waals surface area contributed by atoms with E-state index < -0.39 is 18.5 Å². The molecule has 5 nitrogen and oxygen atoms in total. The molecule has 1 unspecified atom stereocenters. The van der Waals surface area contributed by atoms with Gasteiger partial charge in [-0.3, -0.25) is 14.2 Å². The maximum Gasteiger partial charge on any atom is 0.361 e. The largest absolute Gasteiger partial charge is 0.361 e. The van der Waals surface area contributed by atoms with Gasteiger partial charge in [0.05, 0.1) is 0 Å². The fraction of sp³-hybridized carbons (Fsp3) is 0.667. The third-order valence-electron chi connectivity index (χ3n) is 1.30. The minimum absolute atomic E-state index is 0.577. The second-order valence-corrected chi connectivity index (χ2v) is 6.73. The summed E-state index contributed by atoms with van der Waals surface area (Å²) in [6, 6.07) is 0. The van der Waals surface area contributed by atoms with Crippen LogP contribution in [0.15, 0.2) is 0 Å². The zero-order valence-electron chi connectivity index (χ0n) is 7.94. The van der Waals surface area contributed by atoms with Crippen molar-refractivity contribution in [3.05, 3.63) is 0 Å². The quantitative estimate of drug-likeness (QED) is 0.681. The molecule has 0 aliphatic rings. The van der Waals surface area contributed by atoms with Crippen molar-refractivity contribution in [1.29, 1.82) is 0 Å². The predicted octanol–water partition coefficient (Wildman–Crippen LogP) is 1.50. The minimum Gasteiger partial charge on any atom is -0.309 e. The first-order chi connectivity index (χ1) is 5.89. The molecule has 0 radical (unpaired) electrons. The summed E-state index contributed by atoms with van der Waals surface area (Å²) in [6.45, 7) is -1.01. The molecule has 76 valence electrons. The van der Waals surface area contributed by atoms with Crippen molar-refractivity contribution in [2.24, 2.45) is 0 Å². The van der Waals surface area contributed by atoms with Crippen LogP contribution in [0.25, 0.3) is 0 Å². The van der Waals surface area contributed by atoms with E-state index in [4.69, 9.17) is 0 Å². The summed E-state index contributed by atoms with van der Waals surface area (Å²) < 4.78 is 17.1. The Bertz CT molecular complexity index is 245. The maximum atomic E-state index is 11.8. The van der Waals surface area contributed by atoms with E-state index in [0.717, 1.165) is 11.4 Å². The molecular weight excluding hydrogens is 213 g/mol. The Labute approximate surface area is 81.1 Å². The van der Waals surface area contributed by atoms with Crippen LogP contribution in [0.1, 0.15) is 13.8 Å². The van der Waals surface area contributed by atoms with Gasteiger partial charge in [-0.2, -0.15) is 0 Å². The standard InChI is InChI=1S/C6H12NO4PS/c1-5(8)7(6(2)9)12(10,11-3)13-4/h1-4H3. The Hall–Kier alpha value is -0.320. The number of hydrogen-bond acceptors (Lipinski definition) is 5. The lowest BCUT2D eigenvalue weighted by Gasteiger charge is -2.24. The van der Waals surface area contributed by atoms with Crippen molar-refractivity contribution in [2.45, 2.75) is 13.8 Å². The van der Waals surface area contributed by atoms with Gasteiger partial charge < -0.3 is 4.52 Å². The highest BCUT2D eigenvalue weighted by molar-refractivity contribution is 8.55. The molecule has 0 aliphatic carbocycles. The van der Waals surface area contributed by atoms with E-state index in [1.807, 2.05) is 0 Å². The molecule has 0 saturated heterocycles. The lowest BCUT2D eigenvalue weighted by atomic mass is 10.6. The lowest BCUT2D eigenvalue weighted by molar-refractivity contribution is -0.136. The highest BCUT2D eigenvalue weighted by Crippen LogP contribution is 2.60. The molecule has 0 aliphatic heterocycles. The zero-order valence-corrected chi connectivity index (χ0v) is 9.65. The average Bonchev–Trinajstić information content (AvgIpc) is 2.02. The van der Waals surface area contributed by atoms with Crippen molar-refractivity contribution in [3.8, 4) is 0 Å². The normalized spacial score (nSPS) is 14.8. The van der Waals surface area contributed by atoms with E-state index in [1.165, 1.54) is 27.2 Å². The topological polar surface area (TPSA) is 63.7 Å². The molecule has 0 rings (SSSR count). The molecule has 0 saturated carbocycles. The van der Waals surface area contributed by atoms with Gasteiger partial charge in [-0.15, -0.1) is 0 Å². The summed E-state index contributed by atoms with van der Waals surface area (Å²) in [5.41, 5.74) is 0. The summed E-state index contributed by atoms with van der Waals surface area (Å²) in [5, 5.41) is 0. The predicted molar refractivity (Wildman–Crippen MR) is 51.3 cm³/mol. The van der Waals surface area contributed by atoms with Crippen LogP contribution in [0.5, 0.6) is 0 Å². The average molecular weight is 225 g/mol. The van der Waals surface area contributed by atoms with Gasteiger partial charge in [0, 0.05) is 21.0 Å². The second-order valence-electron chi connectivity index (χ2n) is 2.18. The van der Waals surface area contributed by atoms with Crippen LogP contribution in [-0.4, -0.2) is 29.9 Å². The van der Waals surface area contributed by atoms with Gasteiger partial charge in [0.25, 0.3) is 0 Å². The van der Waals surface area contributed by atoms with E-state index in [-0.39, 0.29) is 0 Å². The third-order valence-corrected chi connectivity index (χ3v) is 5.60. The van der Waals surface area contributed by atoms with Crippen LogP contribution in [0, 0.1) is 0 Å². The molecule has 13 heavy (non-hydrogen) atoms. The molecule has 0 heterocycles. The summed E-state index contributed by atoms with van der Waals surface area (Å²) in [5.74, 6) is -1.15. The first-order valence-corrected chi connectivity index (χ1v) is 6.83. The molecule has 0 fully saturated rings. The Morgan fingerprint density at radius 1 is 1.31 bits per heavy atom. The number of imide groups is 1. The van der Waals surface area contributed by atoms with E-state index in [9.17, 15) is 14.2 Å². The molecule has 0 spiro atoms. The molecule has 2 amide bonds. The fourth-order valence-corrected chi connectivity index (χ4v) is 3.60. The second kappa shape index (κ2) is 4.79. The van der Waals surface area contributed by atoms with Crippen LogP contribution < -0.4 is 0 Å². The van der Waals surface area contributed by atoms with Crippen molar-refractivity contribution < 1.29 is 18.7 Å². The SMILES string of the molecule is COP(=O)(SC)N(C(C)=O)C(C)=O. The Balaban J connectivity index is 5.04. The number of carbonyl (C=O) groups excluding carboxylic acids is 2. The lowest BCUT2D eigenvalue weighted by Crippen LogP contribution is -2.29. The van der Waals surface area contributed by atoms with Gasteiger partial charge >= 0.3 is 6.72 Å². The van der Waals surface area contributed by atoms with Crippen LogP contribution in [0.3, 0.4) is 0 Å². The first-order valence-electron chi connectivity index (χ1n) is 3.42. The van der Waals surface area contributed by atoms with Gasteiger partial charge in [-0.1, -0.05) is 11.4 Å². The van der Waals surface area contributed by atoms with E-state index >= 15 is 0 Å². The maximum absolute atomic E-state index is 11.8. The first kappa shape index (κ1) is 12.7. The fourth-order valence-electron chi connectivity index (χ4n) is 0.805. The summed E-state index contributed by atoms with van der Waals surface area (Å²) in [4.78, 5) is 22.0. The zero-order chi connectivity index (χ0) is 10.6. The molecule has 0 aromatic heterocycles. The summed E-state index contributed by atoms with van der Waals surface area (Å²) in [6.07, 6.45) is 1.52. The summed E-state index contributed by atoms with van der Waals surface area (Å²) in [7, 11) is 1.20. The third kappa shape index (κ3) is 2.83. The Kier molecular flexibility index (Phi) is 4.67. The van der Waals surface area contributed by atoms with Gasteiger partial charge in [-0.05, 0) is 6.26 Å². The molecular formula is C6H12NO4PS. The van der Waals surface area contributed by atoms with Crippen LogP contribution >= 0.6 is 18.1 Å². The molecule has 1 atom stereocenters. The van der Waals surface area contributed by atoms with Crippen molar-refractivity contribution in [1.82, 2.24) is 4.67 Å². The smallest absolute Gasteiger partial charge is 0.309 e. The number of hydrogen-bond donors (Lipinski definition) is 0. The van der Waals surface area contributed by atoms with Crippen molar-refractivity contribution in [2.75, 3.05) is 13.4 Å². The van der Waals surface area contributed by atoms with Gasteiger partial charge in [0.15, 0.2) is 0 Å². The number of amides is 2. The van der Waals surface area contributed by atoms with Crippen molar-refractivity contribution >= 4 is 29.9 Å². The molecule has 0 aromatic rings. The number of nitrogens with zero attached hydrogens (tertiary/aromatic N) is 1. The van der Waals surface area contributed by atoms with Crippen LogP contribution in [0.4, 0.5) is 0 Å². The highest BCUT2D eigenvalue weighted by Gasteiger charge is 2.35. The number of carbonyl (C=O) groups is 2. The van der Waals surface area contributed by atoms with Crippen LogP contribution in [0.2, 0.25) is 0 Å². The van der Waals surface area contributed by atoms with Crippen molar-refractivity contribution in [3.63, 3.8) is 0 Å². The Morgan fingerprint density at radius 2 is 1.69 bits per heavy atom. The molecule has 0 N–H and O–H groups in total. The monoisotopic (exact) mass is 225 g/mol. The van der Waals surface area contributed by atoms with Crippen LogP contribution in [-0.2, 0) is 18.7 Å².